The summed E-state index contributed by atoms with van der Waals surface area (Å²) in [5, 5.41) is 1.91. The monoisotopic (exact) mass is 471 g/mol. The molecule has 1 heterocycles. The smallest absolute Gasteiger partial charge is 0.293 e. The van der Waals surface area contributed by atoms with Crippen LogP contribution in [0.3, 0.4) is 0 Å². The van der Waals surface area contributed by atoms with Gasteiger partial charge in [-0.05, 0) is 65.9 Å². The van der Waals surface area contributed by atoms with E-state index in [0.717, 1.165) is 46.5 Å². The number of ether oxygens (including phenoxy) is 1. The first kappa shape index (κ1) is 22.7. The third-order valence-corrected chi connectivity index (χ3v) is 7.67. The molecule has 4 nitrogen and oxygen atoms in total. The fraction of sp³-hybridized carbons (Fsp3) is 0.310. The molecule has 3 aromatic carbocycles. The van der Waals surface area contributed by atoms with Crippen molar-refractivity contribution in [2.45, 2.75) is 45.6 Å². The van der Waals surface area contributed by atoms with Crippen molar-refractivity contribution < 1.29 is 14.3 Å². The average molecular weight is 472 g/mol. The fourth-order valence-electron chi connectivity index (χ4n) is 4.81. The molecule has 1 aliphatic carbocycles. The predicted molar refractivity (Wildman–Crippen MR) is 139 cm³/mol. The Hall–Kier alpha value is -3.05. The van der Waals surface area contributed by atoms with E-state index in [1.54, 1.807) is 0 Å². The molecule has 0 bridgehead atoms. The van der Waals surface area contributed by atoms with E-state index in [2.05, 4.69) is 31.2 Å². The minimum Gasteiger partial charge on any atom is -0.488 e. The zero-order valence-electron chi connectivity index (χ0n) is 19.5. The van der Waals surface area contributed by atoms with Gasteiger partial charge in [0.1, 0.15) is 12.4 Å². The number of carbonyl (C=O) groups is 2. The van der Waals surface area contributed by atoms with Gasteiger partial charge in [0.15, 0.2) is 0 Å². The van der Waals surface area contributed by atoms with E-state index in [1.165, 1.54) is 29.7 Å². The molecule has 174 valence electrons. The van der Waals surface area contributed by atoms with Crippen molar-refractivity contribution in [3.05, 3.63) is 82.3 Å². The SMILES string of the molecule is Cc1ccc(COc2ccc3ccccc3c2/C=C2/SC(=O)N(CC3CCCCC3)C2=O)cc1. The second kappa shape index (κ2) is 10.1. The van der Waals surface area contributed by atoms with Crippen LogP contribution in [0.1, 0.15) is 48.8 Å². The van der Waals surface area contributed by atoms with Crippen molar-refractivity contribution >= 4 is 39.8 Å². The quantitative estimate of drug-likeness (QED) is 0.353. The fourth-order valence-corrected chi connectivity index (χ4v) is 5.64. The van der Waals surface area contributed by atoms with Crippen molar-refractivity contribution in [1.29, 1.82) is 0 Å². The number of nitrogens with zero attached hydrogens (tertiary/aromatic N) is 1. The lowest BCUT2D eigenvalue weighted by Gasteiger charge is -2.25. The first-order valence-corrected chi connectivity index (χ1v) is 12.9. The van der Waals surface area contributed by atoms with Crippen LogP contribution in [0.5, 0.6) is 5.75 Å². The third kappa shape index (κ3) is 4.90. The van der Waals surface area contributed by atoms with E-state index in [9.17, 15) is 9.59 Å². The summed E-state index contributed by atoms with van der Waals surface area (Å²) < 4.78 is 6.23. The number of rotatable bonds is 6. The molecule has 3 aromatic rings. The summed E-state index contributed by atoms with van der Waals surface area (Å²) in [7, 11) is 0. The molecular formula is C29H29NO3S. The number of fused-ring (bicyclic) bond motifs is 1. The van der Waals surface area contributed by atoms with E-state index in [-0.39, 0.29) is 11.1 Å². The maximum Gasteiger partial charge on any atom is 0.293 e. The second-order valence-corrected chi connectivity index (χ2v) is 10.3. The van der Waals surface area contributed by atoms with Crippen LogP contribution in [-0.2, 0) is 11.4 Å². The highest BCUT2D eigenvalue weighted by Gasteiger charge is 2.36. The number of benzene rings is 3. The van der Waals surface area contributed by atoms with Crippen molar-refractivity contribution in [1.82, 2.24) is 4.90 Å². The Labute approximate surface area is 205 Å². The third-order valence-electron chi connectivity index (χ3n) is 6.76. The van der Waals surface area contributed by atoms with Gasteiger partial charge in [-0.2, -0.15) is 0 Å². The van der Waals surface area contributed by atoms with Crippen molar-refractivity contribution in [3.63, 3.8) is 0 Å². The number of hydrogen-bond donors (Lipinski definition) is 0. The van der Waals surface area contributed by atoms with Crippen molar-refractivity contribution in [3.8, 4) is 5.75 Å². The molecule has 0 unspecified atom stereocenters. The molecule has 2 aliphatic rings. The lowest BCUT2D eigenvalue weighted by molar-refractivity contribution is -0.123. The zero-order valence-corrected chi connectivity index (χ0v) is 20.3. The first-order chi connectivity index (χ1) is 16.6. The van der Waals surface area contributed by atoms with Gasteiger partial charge < -0.3 is 4.74 Å². The molecule has 2 fully saturated rings. The molecule has 1 aliphatic heterocycles. The summed E-state index contributed by atoms with van der Waals surface area (Å²) in [5.74, 6) is 0.948. The lowest BCUT2D eigenvalue weighted by atomic mass is 9.89. The molecule has 5 rings (SSSR count). The molecule has 0 N–H and O–H groups in total. The summed E-state index contributed by atoms with van der Waals surface area (Å²) in [5.41, 5.74) is 3.13. The topological polar surface area (TPSA) is 46.6 Å². The maximum absolute atomic E-state index is 13.2. The van der Waals surface area contributed by atoms with Gasteiger partial charge in [0.25, 0.3) is 11.1 Å². The lowest BCUT2D eigenvalue weighted by Crippen LogP contribution is -2.34. The Bertz CT molecular complexity index is 1240. The minimum absolute atomic E-state index is 0.163. The summed E-state index contributed by atoms with van der Waals surface area (Å²) in [6, 6.07) is 20.3. The van der Waals surface area contributed by atoms with Gasteiger partial charge in [0.05, 0.1) is 4.91 Å². The predicted octanol–water partition coefficient (Wildman–Crippen LogP) is 7.34. The Morgan fingerprint density at radius 2 is 1.74 bits per heavy atom. The normalized spacial score (nSPS) is 18.3. The van der Waals surface area contributed by atoms with Gasteiger partial charge in [-0.3, -0.25) is 14.5 Å². The maximum atomic E-state index is 13.2. The second-order valence-electron chi connectivity index (χ2n) is 9.27. The van der Waals surface area contributed by atoms with E-state index < -0.39 is 0 Å². The molecule has 2 amide bonds. The van der Waals surface area contributed by atoms with Crippen LogP contribution in [0, 0.1) is 12.8 Å². The molecule has 0 aromatic heterocycles. The van der Waals surface area contributed by atoms with Crippen LogP contribution in [0.25, 0.3) is 16.8 Å². The van der Waals surface area contributed by atoms with E-state index in [1.807, 2.05) is 42.5 Å². The van der Waals surface area contributed by atoms with Crippen LogP contribution in [-0.4, -0.2) is 22.6 Å². The summed E-state index contributed by atoms with van der Waals surface area (Å²) in [4.78, 5) is 27.9. The average Bonchev–Trinajstić information content (AvgIpc) is 3.12. The first-order valence-electron chi connectivity index (χ1n) is 12.0. The zero-order chi connectivity index (χ0) is 23.5. The van der Waals surface area contributed by atoms with Crippen LogP contribution in [0.2, 0.25) is 0 Å². The van der Waals surface area contributed by atoms with E-state index in [0.29, 0.717) is 29.7 Å². The number of amides is 2. The molecular weight excluding hydrogens is 442 g/mol. The van der Waals surface area contributed by atoms with Gasteiger partial charge >= 0.3 is 0 Å². The van der Waals surface area contributed by atoms with Gasteiger partial charge in [0.2, 0.25) is 0 Å². The number of thioether (sulfide) groups is 1. The standard InChI is InChI=1S/C29H29NO3S/c1-20-11-13-22(14-12-20)19-33-26-16-15-23-9-5-6-10-24(23)25(26)17-27-28(31)30(29(32)34-27)18-21-7-3-2-4-8-21/h5-6,9-17,21H,2-4,7-8,18-19H2,1H3/b27-17+. The summed E-state index contributed by atoms with van der Waals surface area (Å²) in [6.07, 6.45) is 7.67. The molecule has 0 atom stereocenters. The molecule has 1 saturated carbocycles. The minimum atomic E-state index is -0.182. The van der Waals surface area contributed by atoms with Crippen LogP contribution in [0.15, 0.2) is 65.6 Å². The van der Waals surface area contributed by atoms with Crippen LogP contribution < -0.4 is 4.74 Å². The number of hydrogen-bond acceptors (Lipinski definition) is 4. The highest BCUT2D eigenvalue weighted by atomic mass is 32.2. The van der Waals surface area contributed by atoms with Crippen molar-refractivity contribution in [2.24, 2.45) is 5.92 Å². The highest BCUT2D eigenvalue weighted by molar-refractivity contribution is 8.18. The molecule has 1 saturated heterocycles. The Morgan fingerprint density at radius 1 is 0.971 bits per heavy atom. The van der Waals surface area contributed by atoms with Gasteiger partial charge in [-0.1, -0.05) is 79.4 Å². The summed E-state index contributed by atoms with van der Waals surface area (Å²) >= 11 is 1.04. The molecule has 0 radical (unpaired) electrons. The largest absolute Gasteiger partial charge is 0.488 e. The van der Waals surface area contributed by atoms with Gasteiger partial charge in [-0.25, -0.2) is 0 Å². The van der Waals surface area contributed by atoms with Crippen LogP contribution >= 0.6 is 11.8 Å². The molecule has 34 heavy (non-hydrogen) atoms. The molecule has 0 spiro atoms. The van der Waals surface area contributed by atoms with Gasteiger partial charge in [-0.15, -0.1) is 0 Å². The van der Waals surface area contributed by atoms with E-state index >= 15 is 0 Å². The Balaban J connectivity index is 1.44. The number of carbonyl (C=O) groups excluding carboxylic acids is 2. The van der Waals surface area contributed by atoms with Gasteiger partial charge in [0, 0.05) is 12.1 Å². The Morgan fingerprint density at radius 3 is 2.53 bits per heavy atom. The Kier molecular flexibility index (Phi) is 6.73. The molecule has 5 heteroatoms. The highest BCUT2D eigenvalue weighted by Crippen LogP contribution is 2.38. The number of imide groups is 1. The van der Waals surface area contributed by atoms with Crippen molar-refractivity contribution in [2.75, 3.05) is 6.54 Å². The summed E-state index contributed by atoms with van der Waals surface area (Å²) in [6.45, 7) is 3.03. The van der Waals surface area contributed by atoms with Crippen LogP contribution in [0.4, 0.5) is 4.79 Å². The van der Waals surface area contributed by atoms with E-state index in [4.69, 9.17) is 4.74 Å². The number of aryl methyl sites for hydroxylation is 1.